The maximum Gasteiger partial charge on any atom is 1.00 e. The first-order valence-electron chi connectivity index (χ1n) is 2.72. The van der Waals surface area contributed by atoms with Gasteiger partial charge in [-0.3, -0.25) is 0 Å². The van der Waals surface area contributed by atoms with Gasteiger partial charge in [0, 0.05) is 5.41 Å². The molecule has 0 spiro atoms. The summed E-state index contributed by atoms with van der Waals surface area (Å²) in [6.07, 6.45) is 3.21. The average Bonchev–Trinajstić information content (AvgIpc) is 1.59. The van der Waals surface area contributed by atoms with Crippen molar-refractivity contribution < 1.29 is 31.8 Å². The summed E-state index contributed by atoms with van der Waals surface area (Å²) in [5, 5.41) is 0.688. The van der Waals surface area contributed by atoms with Crippen molar-refractivity contribution in [2.75, 3.05) is 0 Å². The fourth-order valence-corrected chi connectivity index (χ4v) is 1.06. The molecule has 0 saturated heterocycles. The predicted molar refractivity (Wildman–Crippen MR) is 38.3 cm³/mol. The van der Waals surface area contributed by atoms with Crippen molar-refractivity contribution in [2.45, 2.75) is 13.8 Å². The first kappa shape index (κ1) is 13.6. The molecule has 0 radical (unpaired) electrons. The third-order valence-electron chi connectivity index (χ3n) is 0.760. The first-order chi connectivity index (χ1) is 4.45. The standard InChI is InChI=1S/C6H10O3S.Li/c1-3-4-6(2)5-10(7,8)9;/h3-5H,1-2H3,(H,7,8,9);/q;+1/p-1/b4-3+,6-5+;. The van der Waals surface area contributed by atoms with Gasteiger partial charge in [-0.1, -0.05) is 12.2 Å². The van der Waals surface area contributed by atoms with E-state index in [1.165, 1.54) is 0 Å². The molecule has 0 heterocycles. The molecule has 0 rings (SSSR count). The molecule has 0 unspecified atom stereocenters. The van der Waals surface area contributed by atoms with E-state index in [1.807, 2.05) is 0 Å². The minimum Gasteiger partial charge on any atom is -0.744 e. The van der Waals surface area contributed by atoms with Gasteiger partial charge >= 0.3 is 18.9 Å². The summed E-state index contributed by atoms with van der Waals surface area (Å²) >= 11 is 0. The van der Waals surface area contributed by atoms with Gasteiger partial charge in [0.05, 0.1) is 0 Å². The van der Waals surface area contributed by atoms with Crippen molar-refractivity contribution in [1.82, 2.24) is 0 Å². The van der Waals surface area contributed by atoms with Crippen LogP contribution in [-0.4, -0.2) is 13.0 Å². The molecule has 0 aliphatic rings. The molecule has 0 aromatic heterocycles. The molecule has 0 bridgehead atoms. The molecule has 0 N–H and O–H groups in total. The van der Waals surface area contributed by atoms with Crippen LogP contribution < -0.4 is 18.9 Å². The zero-order chi connectivity index (χ0) is 8.20. The van der Waals surface area contributed by atoms with Gasteiger partial charge in [-0.25, -0.2) is 8.42 Å². The third kappa shape index (κ3) is 9.99. The third-order valence-corrected chi connectivity index (χ3v) is 1.42. The van der Waals surface area contributed by atoms with Crippen LogP contribution in [0, 0.1) is 0 Å². The van der Waals surface area contributed by atoms with Gasteiger partial charge in [0.1, 0.15) is 10.1 Å². The van der Waals surface area contributed by atoms with Crippen molar-refractivity contribution in [2.24, 2.45) is 0 Å². The van der Waals surface area contributed by atoms with E-state index in [4.69, 9.17) is 0 Å². The van der Waals surface area contributed by atoms with E-state index in [1.54, 1.807) is 26.0 Å². The van der Waals surface area contributed by atoms with E-state index in [0.717, 1.165) is 0 Å². The van der Waals surface area contributed by atoms with Gasteiger partial charge in [0.25, 0.3) is 0 Å². The van der Waals surface area contributed by atoms with Gasteiger partial charge in [0.2, 0.25) is 0 Å². The zero-order valence-electron chi connectivity index (χ0n) is 6.87. The maximum absolute atomic E-state index is 10.1. The van der Waals surface area contributed by atoms with E-state index < -0.39 is 10.1 Å². The second kappa shape index (κ2) is 5.61. The summed E-state index contributed by atoms with van der Waals surface area (Å²) < 4.78 is 30.2. The molecular formula is C6H9LiO3S. The molecule has 3 nitrogen and oxygen atoms in total. The van der Waals surface area contributed by atoms with Crippen molar-refractivity contribution in [3.63, 3.8) is 0 Å². The second-order valence-electron chi connectivity index (χ2n) is 1.85. The van der Waals surface area contributed by atoms with E-state index in [0.29, 0.717) is 11.0 Å². The molecule has 0 aliphatic heterocycles. The molecule has 0 aromatic rings. The molecule has 11 heavy (non-hydrogen) atoms. The summed E-state index contributed by atoms with van der Waals surface area (Å²) in [6.45, 7) is 3.30. The molecule has 0 saturated carbocycles. The Kier molecular flexibility index (Phi) is 6.92. The van der Waals surface area contributed by atoms with E-state index in [-0.39, 0.29) is 18.9 Å². The zero-order valence-corrected chi connectivity index (χ0v) is 7.68. The Bertz CT molecular complexity index is 251. The van der Waals surface area contributed by atoms with Crippen LogP contribution in [0.5, 0.6) is 0 Å². The van der Waals surface area contributed by atoms with Gasteiger partial charge in [-0.2, -0.15) is 0 Å². The first-order valence-corrected chi connectivity index (χ1v) is 4.20. The topological polar surface area (TPSA) is 57.2 Å². The Morgan fingerprint density at radius 2 is 1.91 bits per heavy atom. The minimum absolute atomic E-state index is 0. The summed E-state index contributed by atoms with van der Waals surface area (Å²) in [7, 11) is -4.21. The summed E-state index contributed by atoms with van der Waals surface area (Å²) in [4.78, 5) is 0. The van der Waals surface area contributed by atoms with Gasteiger partial charge in [-0.15, -0.1) is 0 Å². The molecule has 0 atom stereocenters. The molecule has 0 aliphatic carbocycles. The largest absolute Gasteiger partial charge is 1.00 e. The second-order valence-corrected chi connectivity index (χ2v) is 3.08. The molecule has 5 heteroatoms. The minimum atomic E-state index is -4.21. The summed E-state index contributed by atoms with van der Waals surface area (Å²) in [5.41, 5.74) is 0.442. The van der Waals surface area contributed by atoms with Crippen molar-refractivity contribution in [3.05, 3.63) is 23.1 Å². The number of hydrogen-bond acceptors (Lipinski definition) is 3. The van der Waals surface area contributed by atoms with Crippen LogP contribution in [0.1, 0.15) is 13.8 Å². The smallest absolute Gasteiger partial charge is 0.744 e. The number of hydrogen-bond donors (Lipinski definition) is 0. The normalized spacial score (nSPS) is 13.2. The molecule has 0 amide bonds. The van der Waals surface area contributed by atoms with Gasteiger partial charge in [0.15, 0.2) is 0 Å². The van der Waals surface area contributed by atoms with Crippen LogP contribution in [0.3, 0.4) is 0 Å². The van der Waals surface area contributed by atoms with Crippen LogP contribution in [-0.2, 0) is 10.1 Å². The quantitative estimate of drug-likeness (QED) is 0.272. The summed E-state index contributed by atoms with van der Waals surface area (Å²) in [6, 6.07) is 0. The van der Waals surface area contributed by atoms with Crippen LogP contribution in [0.2, 0.25) is 0 Å². The van der Waals surface area contributed by atoms with Crippen molar-refractivity contribution in [3.8, 4) is 0 Å². The fraction of sp³-hybridized carbons (Fsp3) is 0.333. The van der Waals surface area contributed by atoms with Crippen molar-refractivity contribution in [1.29, 1.82) is 0 Å². The Hall–Kier alpha value is -0.0126. The molecule has 0 fully saturated rings. The van der Waals surface area contributed by atoms with Gasteiger partial charge in [-0.05, 0) is 19.4 Å². The van der Waals surface area contributed by atoms with E-state index in [9.17, 15) is 13.0 Å². The molecular weight excluding hydrogens is 159 g/mol. The average molecular weight is 168 g/mol. The van der Waals surface area contributed by atoms with E-state index >= 15 is 0 Å². The molecule has 58 valence electrons. The predicted octanol–water partition coefficient (Wildman–Crippen LogP) is -1.98. The number of allylic oxidation sites excluding steroid dienone is 3. The SMILES string of the molecule is C/C=C/C(C)=C/S(=O)(=O)[O-].[Li+]. The van der Waals surface area contributed by atoms with Gasteiger partial charge < -0.3 is 4.55 Å². The Morgan fingerprint density at radius 1 is 1.45 bits per heavy atom. The maximum atomic E-state index is 10.1. The number of rotatable bonds is 2. The van der Waals surface area contributed by atoms with Crippen LogP contribution in [0.25, 0.3) is 0 Å². The Balaban J connectivity index is 0. The van der Waals surface area contributed by atoms with Crippen LogP contribution >= 0.6 is 0 Å². The Labute approximate surface area is 79.1 Å². The summed E-state index contributed by atoms with van der Waals surface area (Å²) in [5.74, 6) is 0. The van der Waals surface area contributed by atoms with Crippen molar-refractivity contribution >= 4 is 10.1 Å². The van der Waals surface area contributed by atoms with Crippen LogP contribution in [0.15, 0.2) is 23.1 Å². The van der Waals surface area contributed by atoms with E-state index in [2.05, 4.69) is 0 Å². The monoisotopic (exact) mass is 168 g/mol. The molecule has 0 aromatic carbocycles. The van der Waals surface area contributed by atoms with Crippen LogP contribution in [0.4, 0.5) is 0 Å². The Morgan fingerprint density at radius 3 is 2.18 bits per heavy atom. The fourth-order valence-electron chi connectivity index (χ4n) is 0.530.